The van der Waals surface area contributed by atoms with Crippen LogP contribution < -0.4 is 11.1 Å². The van der Waals surface area contributed by atoms with Crippen LogP contribution in [0.15, 0.2) is 85.1 Å². The third-order valence-electron chi connectivity index (χ3n) is 4.90. The number of primary amides is 1. The minimum absolute atomic E-state index is 0.213. The van der Waals surface area contributed by atoms with Gasteiger partial charge in [-0.15, -0.1) is 0 Å². The molecule has 4 aromatic rings. The zero-order valence-corrected chi connectivity index (χ0v) is 16.7. The summed E-state index contributed by atoms with van der Waals surface area (Å²) in [5.41, 5.74) is 9.72. The van der Waals surface area contributed by atoms with Gasteiger partial charge in [0.15, 0.2) is 0 Å². The second-order valence-corrected chi connectivity index (χ2v) is 7.03. The summed E-state index contributed by atoms with van der Waals surface area (Å²) >= 11 is 0. The molecule has 0 bridgehead atoms. The Morgan fingerprint density at radius 3 is 2.45 bits per heavy atom. The highest BCUT2D eigenvalue weighted by Gasteiger charge is 2.22. The average Bonchev–Trinajstić information content (AvgIpc) is 3.30. The number of hydrogen-bond donors (Lipinski definition) is 3. The van der Waals surface area contributed by atoms with Crippen molar-refractivity contribution in [1.29, 1.82) is 0 Å². The lowest BCUT2D eigenvalue weighted by molar-refractivity contribution is -0.119. The number of hydrogen-bond acceptors (Lipinski definition) is 4. The lowest BCUT2D eigenvalue weighted by atomic mass is 10.0. The van der Waals surface area contributed by atoms with Gasteiger partial charge in [-0.2, -0.15) is 5.10 Å². The first-order valence-corrected chi connectivity index (χ1v) is 9.82. The van der Waals surface area contributed by atoms with Crippen LogP contribution in [-0.2, 0) is 11.2 Å². The van der Waals surface area contributed by atoms with Crippen molar-refractivity contribution in [1.82, 2.24) is 20.5 Å². The van der Waals surface area contributed by atoms with Crippen molar-refractivity contribution in [2.75, 3.05) is 0 Å². The first-order valence-electron chi connectivity index (χ1n) is 9.82. The van der Waals surface area contributed by atoms with Gasteiger partial charge in [-0.25, -0.2) is 0 Å². The Hall–Kier alpha value is -4.26. The number of H-pyrrole nitrogens is 1. The Balaban J connectivity index is 1.58. The number of pyridine rings is 1. The van der Waals surface area contributed by atoms with Gasteiger partial charge >= 0.3 is 0 Å². The molecule has 2 amide bonds. The van der Waals surface area contributed by atoms with E-state index in [9.17, 15) is 9.59 Å². The molecule has 4 rings (SSSR count). The lowest BCUT2D eigenvalue weighted by Crippen LogP contribution is -2.46. The maximum absolute atomic E-state index is 13.0. The van der Waals surface area contributed by atoms with Crippen LogP contribution in [0.4, 0.5) is 0 Å². The van der Waals surface area contributed by atoms with Gasteiger partial charge in [-0.3, -0.25) is 19.7 Å². The van der Waals surface area contributed by atoms with Gasteiger partial charge in [0.05, 0.1) is 11.4 Å². The molecule has 0 fully saturated rings. The lowest BCUT2D eigenvalue weighted by Gasteiger charge is -2.16. The summed E-state index contributed by atoms with van der Waals surface area (Å²) in [5, 5.41) is 10.1. The molecule has 31 heavy (non-hydrogen) atoms. The van der Waals surface area contributed by atoms with Crippen LogP contribution in [0.5, 0.6) is 0 Å². The smallest absolute Gasteiger partial charge is 0.252 e. The normalized spacial score (nSPS) is 11.6. The van der Waals surface area contributed by atoms with E-state index in [0.717, 1.165) is 11.3 Å². The summed E-state index contributed by atoms with van der Waals surface area (Å²) in [5.74, 6) is -1.03. The quantitative estimate of drug-likeness (QED) is 0.434. The summed E-state index contributed by atoms with van der Waals surface area (Å²) in [4.78, 5) is 29.2. The van der Waals surface area contributed by atoms with Crippen LogP contribution in [-0.4, -0.2) is 33.0 Å². The van der Waals surface area contributed by atoms with Crippen molar-refractivity contribution in [3.8, 4) is 22.5 Å². The van der Waals surface area contributed by atoms with E-state index in [1.807, 2.05) is 54.6 Å². The van der Waals surface area contributed by atoms with Crippen LogP contribution in [0.2, 0.25) is 0 Å². The summed E-state index contributed by atoms with van der Waals surface area (Å²) < 4.78 is 0. The Labute approximate surface area is 179 Å². The maximum Gasteiger partial charge on any atom is 0.252 e. The number of aromatic amines is 1. The van der Waals surface area contributed by atoms with Crippen molar-refractivity contribution in [2.24, 2.45) is 5.73 Å². The number of nitrogens with zero attached hydrogens (tertiary/aromatic N) is 2. The SMILES string of the molecule is NC(=O)[C@@H](Cc1ccccn1)NC(=O)c1ccccc1-c1cc(-c2ccccc2)[nH]n1. The first-order chi connectivity index (χ1) is 15.1. The van der Waals surface area contributed by atoms with E-state index < -0.39 is 17.9 Å². The number of nitrogens with one attached hydrogen (secondary N) is 2. The van der Waals surface area contributed by atoms with Crippen LogP contribution in [0.3, 0.4) is 0 Å². The van der Waals surface area contributed by atoms with E-state index in [-0.39, 0.29) is 6.42 Å². The molecule has 0 spiro atoms. The van der Waals surface area contributed by atoms with E-state index in [1.165, 1.54) is 0 Å². The Bertz CT molecular complexity index is 1190. The van der Waals surface area contributed by atoms with Crippen molar-refractivity contribution in [2.45, 2.75) is 12.5 Å². The van der Waals surface area contributed by atoms with Gasteiger partial charge in [0.25, 0.3) is 5.91 Å². The Morgan fingerprint density at radius 1 is 0.968 bits per heavy atom. The molecule has 7 heteroatoms. The van der Waals surface area contributed by atoms with Crippen molar-refractivity contribution in [3.05, 3.63) is 96.3 Å². The molecule has 4 N–H and O–H groups in total. The molecule has 0 unspecified atom stereocenters. The fraction of sp³-hybridized carbons (Fsp3) is 0.0833. The predicted octanol–water partition coefficient (Wildman–Crippen LogP) is 2.97. The molecule has 154 valence electrons. The number of aromatic nitrogens is 3. The second kappa shape index (κ2) is 9.04. The summed E-state index contributed by atoms with van der Waals surface area (Å²) in [6.45, 7) is 0. The largest absolute Gasteiger partial charge is 0.368 e. The predicted molar refractivity (Wildman–Crippen MR) is 118 cm³/mol. The minimum atomic E-state index is -0.880. The Morgan fingerprint density at radius 2 is 1.71 bits per heavy atom. The van der Waals surface area contributed by atoms with E-state index in [4.69, 9.17) is 5.73 Å². The fourth-order valence-electron chi connectivity index (χ4n) is 3.32. The zero-order chi connectivity index (χ0) is 21.6. The molecule has 2 aromatic carbocycles. The number of benzene rings is 2. The molecule has 2 aromatic heterocycles. The van der Waals surface area contributed by atoms with E-state index >= 15 is 0 Å². The molecule has 1 atom stereocenters. The van der Waals surface area contributed by atoms with Gasteiger partial charge in [0, 0.05) is 29.4 Å². The van der Waals surface area contributed by atoms with E-state index in [0.29, 0.717) is 22.5 Å². The van der Waals surface area contributed by atoms with Crippen molar-refractivity contribution < 1.29 is 9.59 Å². The molecule has 0 saturated carbocycles. The van der Waals surface area contributed by atoms with Crippen LogP contribution in [0.1, 0.15) is 16.1 Å². The Kier molecular flexibility index (Phi) is 5.84. The van der Waals surface area contributed by atoms with Gasteiger partial charge < -0.3 is 11.1 Å². The maximum atomic E-state index is 13.0. The highest BCUT2D eigenvalue weighted by atomic mass is 16.2. The third kappa shape index (κ3) is 4.67. The monoisotopic (exact) mass is 411 g/mol. The topological polar surface area (TPSA) is 114 Å². The zero-order valence-electron chi connectivity index (χ0n) is 16.7. The highest BCUT2D eigenvalue weighted by molar-refractivity contribution is 6.02. The minimum Gasteiger partial charge on any atom is -0.368 e. The van der Waals surface area contributed by atoms with Gasteiger partial charge in [0.2, 0.25) is 5.91 Å². The molecule has 0 radical (unpaired) electrons. The molecule has 0 aliphatic heterocycles. The standard InChI is InChI=1S/C24H21N5O2/c25-23(30)22(14-17-10-6-7-13-26-17)27-24(31)19-12-5-4-11-18(19)21-15-20(28-29-21)16-8-2-1-3-9-16/h1-13,15,22H,14H2,(H2,25,30)(H,27,31)(H,28,29)/t22-/m1/s1. The van der Waals surface area contributed by atoms with Gasteiger partial charge in [-0.05, 0) is 29.8 Å². The van der Waals surface area contributed by atoms with Crippen LogP contribution in [0, 0.1) is 0 Å². The molecule has 0 aliphatic rings. The third-order valence-corrected chi connectivity index (χ3v) is 4.90. The van der Waals surface area contributed by atoms with Crippen molar-refractivity contribution >= 4 is 11.8 Å². The number of amides is 2. The number of carbonyl (C=O) groups excluding carboxylic acids is 2. The van der Waals surface area contributed by atoms with Crippen molar-refractivity contribution in [3.63, 3.8) is 0 Å². The van der Waals surface area contributed by atoms with E-state index in [2.05, 4.69) is 20.5 Å². The second-order valence-electron chi connectivity index (χ2n) is 7.03. The summed E-state index contributed by atoms with van der Waals surface area (Å²) in [6, 6.07) is 23.3. The number of rotatable bonds is 7. The molecule has 7 nitrogen and oxygen atoms in total. The molecular formula is C24H21N5O2. The van der Waals surface area contributed by atoms with Crippen LogP contribution in [0.25, 0.3) is 22.5 Å². The fourth-order valence-corrected chi connectivity index (χ4v) is 3.32. The molecule has 0 saturated heterocycles. The summed E-state index contributed by atoms with van der Waals surface area (Å²) in [7, 11) is 0. The van der Waals surface area contributed by atoms with E-state index in [1.54, 1.807) is 30.5 Å². The molecule has 2 heterocycles. The molecule has 0 aliphatic carbocycles. The van der Waals surface area contributed by atoms with Crippen LogP contribution >= 0.6 is 0 Å². The average molecular weight is 411 g/mol. The highest BCUT2D eigenvalue weighted by Crippen LogP contribution is 2.26. The van der Waals surface area contributed by atoms with Gasteiger partial charge in [0.1, 0.15) is 6.04 Å². The summed E-state index contributed by atoms with van der Waals surface area (Å²) in [6.07, 6.45) is 1.84. The number of nitrogens with two attached hydrogens (primary N) is 1. The number of carbonyl (C=O) groups is 2. The van der Waals surface area contributed by atoms with Gasteiger partial charge in [-0.1, -0.05) is 54.6 Å². The molecular weight excluding hydrogens is 390 g/mol. The first kappa shape index (κ1) is 20.0.